The van der Waals surface area contributed by atoms with E-state index in [4.69, 9.17) is 16.3 Å². The molecule has 0 atom stereocenters. The van der Waals surface area contributed by atoms with Crippen LogP contribution in [-0.4, -0.2) is 49.2 Å². The number of sulfonamides is 1. The Bertz CT molecular complexity index is 890. The Morgan fingerprint density at radius 3 is 2.46 bits per heavy atom. The third-order valence-electron chi connectivity index (χ3n) is 3.72. The minimum Gasteiger partial charge on any atom is -0.454 e. The fourth-order valence-electron chi connectivity index (χ4n) is 2.33. The minimum atomic E-state index is -3.83. The summed E-state index contributed by atoms with van der Waals surface area (Å²) in [4.78, 5) is 26.6. The number of hydrogen-bond donors (Lipinski definition) is 1. The van der Waals surface area contributed by atoms with E-state index >= 15 is 0 Å². The van der Waals surface area contributed by atoms with Gasteiger partial charge in [0.15, 0.2) is 6.61 Å². The number of H-pyrrole nitrogens is 1. The lowest BCUT2D eigenvalue weighted by atomic mass is 10.2. The third kappa shape index (κ3) is 4.32. The van der Waals surface area contributed by atoms with E-state index < -0.39 is 28.4 Å². The van der Waals surface area contributed by atoms with Crippen molar-refractivity contribution < 1.29 is 22.7 Å². The van der Waals surface area contributed by atoms with Crippen LogP contribution in [-0.2, 0) is 14.8 Å². The smallest absolute Gasteiger partial charge is 0.338 e. The van der Waals surface area contributed by atoms with E-state index in [9.17, 15) is 18.0 Å². The monoisotopic (exact) mass is 398 g/mol. The average molecular weight is 399 g/mol. The molecule has 1 heterocycles. The molecule has 9 heteroatoms. The zero-order valence-electron chi connectivity index (χ0n) is 14.4. The molecule has 1 aromatic carbocycles. The summed E-state index contributed by atoms with van der Waals surface area (Å²) >= 11 is 6.02. The Kier molecular flexibility index (Phi) is 6.57. The summed E-state index contributed by atoms with van der Waals surface area (Å²) in [6.45, 7) is 3.50. The fraction of sp³-hybridized carbons (Fsp3) is 0.294. The summed E-state index contributed by atoms with van der Waals surface area (Å²) in [6.07, 6.45) is 1.58. The molecule has 0 unspecified atom stereocenters. The van der Waals surface area contributed by atoms with Gasteiger partial charge in [0.05, 0.1) is 16.3 Å². The molecule has 1 N–H and O–H groups in total. The van der Waals surface area contributed by atoms with Crippen LogP contribution in [0.1, 0.15) is 34.7 Å². The van der Waals surface area contributed by atoms with E-state index in [0.717, 1.165) is 6.07 Å². The Balaban J connectivity index is 2.20. The molecule has 2 rings (SSSR count). The van der Waals surface area contributed by atoms with Gasteiger partial charge in [-0.15, -0.1) is 0 Å². The highest BCUT2D eigenvalue weighted by Crippen LogP contribution is 2.26. The van der Waals surface area contributed by atoms with Crippen LogP contribution in [0.25, 0.3) is 0 Å². The van der Waals surface area contributed by atoms with Gasteiger partial charge < -0.3 is 9.72 Å². The number of aromatic nitrogens is 1. The lowest BCUT2D eigenvalue weighted by Gasteiger charge is -2.19. The van der Waals surface area contributed by atoms with Crippen LogP contribution in [0.4, 0.5) is 0 Å². The summed E-state index contributed by atoms with van der Waals surface area (Å²) in [5.74, 6) is -1.20. The SMILES string of the molecule is CCN(CC)S(=O)(=O)c1cc(C(=O)OCC(=O)c2ccc[nH]2)ccc1Cl. The van der Waals surface area contributed by atoms with Gasteiger partial charge in [0.1, 0.15) is 4.90 Å². The van der Waals surface area contributed by atoms with Crippen LogP contribution in [0.15, 0.2) is 41.4 Å². The highest BCUT2D eigenvalue weighted by molar-refractivity contribution is 7.89. The van der Waals surface area contributed by atoms with Crippen molar-refractivity contribution in [3.63, 3.8) is 0 Å². The van der Waals surface area contributed by atoms with Crippen molar-refractivity contribution in [3.05, 3.63) is 52.8 Å². The number of halogens is 1. The summed E-state index contributed by atoms with van der Waals surface area (Å²) in [6, 6.07) is 7.05. The molecule has 0 saturated carbocycles. The topological polar surface area (TPSA) is 96.5 Å². The first kappa shape index (κ1) is 20.2. The van der Waals surface area contributed by atoms with Crippen LogP contribution in [0.5, 0.6) is 0 Å². The largest absolute Gasteiger partial charge is 0.454 e. The van der Waals surface area contributed by atoms with Crippen LogP contribution in [0.2, 0.25) is 5.02 Å². The van der Waals surface area contributed by atoms with Crippen molar-refractivity contribution in [2.24, 2.45) is 0 Å². The van der Waals surface area contributed by atoms with Gasteiger partial charge in [-0.25, -0.2) is 13.2 Å². The van der Waals surface area contributed by atoms with Gasteiger partial charge in [-0.3, -0.25) is 4.79 Å². The van der Waals surface area contributed by atoms with Crippen LogP contribution >= 0.6 is 11.6 Å². The lowest BCUT2D eigenvalue weighted by molar-refractivity contribution is 0.0473. The number of esters is 1. The molecular weight excluding hydrogens is 380 g/mol. The number of ketones is 1. The summed E-state index contributed by atoms with van der Waals surface area (Å²) in [7, 11) is -3.83. The Morgan fingerprint density at radius 2 is 1.88 bits per heavy atom. The number of rotatable bonds is 8. The molecule has 0 saturated heterocycles. The number of hydrogen-bond acceptors (Lipinski definition) is 5. The number of carbonyl (C=O) groups is 2. The van der Waals surface area contributed by atoms with Crippen LogP contribution < -0.4 is 0 Å². The molecule has 140 valence electrons. The van der Waals surface area contributed by atoms with Crippen molar-refractivity contribution in [1.29, 1.82) is 0 Å². The first-order valence-corrected chi connectivity index (χ1v) is 9.76. The Labute approximate surface area is 157 Å². The molecule has 1 aromatic heterocycles. The molecule has 0 bridgehead atoms. The molecule has 0 aliphatic rings. The zero-order valence-corrected chi connectivity index (χ0v) is 15.9. The maximum absolute atomic E-state index is 12.6. The van der Waals surface area contributed by atoms with Gasteiger partial charge in [0, 0.05) is 19.3 Å². The van der Waals surface area contributed by atoms with Crippen molar-refractivity contribution in [2.75, 3.05) is 19.7 Å². The van der Waals surface area contributed by atoms with Crippen LogP contribution in [0.3, 0.4) is 0 Å². The Hall–Kier alpha value is -2.16. The highest BCUT2D eigenvalue weighted by atomic mass is 35.5. The maximum Gasteiger partial charge on any atom is 0.338 e. The predicted octanol–water partition coefficient (Wildman–Crippen LogP) is 2.74. The van der Waals surface area contributed by atoms with Gasteiger partial charge in [0.25, 0.3) is 0 Å². The maximum atomic E-state index is 12.6. The normalized spacial score (nSPS) is 11.5. The number of nitrogens with one attached hydrogen (secondary N) is 1. The first-order valence-electron chi connectivity index (χ1n) is 7.94. The van der Waals surface area contributed by atoms with E-state index in [2.05, 4.69) is 4.98 Å². The number of Topliss-reactive ketones (excluding diaryl/α,β-unsaturated/α-hetero) is 1. The van der Waals surface area contributed by atoms with E-state index in [0.29, 0.717) is 5.69 Å². The minimum absolute atomic E-state index is 0.000540. The summed E-state index contributed by atoms with van der Waals surface area (Å²) in [5, 5.41) is 0.0101. The number of carbonyl (C=O) groups excluding carboxylic acids is 2. The zero-order chi connectivity index (χ0) is 19.3. The standard InChI is InChI=1S/C17H19ClN2O5S/c1-3-20(4-2)26(23,24)16-10-12(7-8-13(16)18)17(22)25-11-15(21)14-6-5-9-19-14/h5-10,19H,3-4,11H2,1-2H3. The van der Waals surface area contributed by atoms with Crippen LogP contribution in [0, 0.1) is 0 Å². The van der Waals surface area contributed by atoms with Crippen molar-refractivity contribution in [3.8, 4) is 0 Å². The molecule has 0 radical (unpaired) electrons. The number of aromatic amines is 1. The van der Waals surface area contributed by atoms with E-state index in [1.807, 2.05) is 0 Å². The second-order valence-electron chi connectivity index (χ2n) is 5.32. The number of nitrogens with zero attached hydrogens (tertiary/aromatic N) is 1. The lowest BCUT2D eigenvalue weighted by Crippen LogP contribution is -2.31. The van der Waals surface area contributed by atoms with Gasteiger partial charge in [-0.2, -0.15) is 4.31 Å². The first-order chi connectivity index (χ1) is 12.3. The van der Waals surface area contributed by atoms with Gasteiger partial charge >= 0.3 is 5.97 Å². The molecule has 0 amide bonds. The van der Waals surface area contributed by atoms with Crippen molar-refractivity contribution >= 4 is 33.4 Å². The molecule has 0 fully saturated rings. The fourth-order valence-corrected chi connectivity index (χ4v) is 4.28. The molecule has 0 aliphatic heterocycles. The van der Waals surface area contributed by atoms with Gasteiger partial charge in [-0.05, 0) is 30.3 Å². The molecular formula is C17H19ClN2O5S. The summed E-state index contributed by atoms with van der Waals surface area (Å²) in [5.41, 5.74) is 0.318. The van der Waals surface area contributed by atoms with E-state index in [1.165, 1.54) is 16.4 Å². The summed E-state index contributed by atoms with van der Waals surface area (Å²) < 4.78 is 31.5. The quantitative estimate of drug-likeness (QED) is 0.544. The number of ether oxygens (including phenoxy) is 1. The van der Waals surface area contributed by atoms with Gasteiger partial charge in [0.2, 0.25) is 15.8 Å². The second kappa shape index (κ2) is 8.48. The molecule has 7 nitrogen and oxygen atoms in total. The number of benzene rings is 1. The highest BCUT2D eigenvalue weighted by Gasteiger charge is 2.26. The molecule has 26 heavy (non-hydrogen) atoms. The predicted molar refractivity (Wildman–Crippen MR) is 97.0 cm³/mol. The van der Waals surface area contributed by atoms with Crippen molar-refractivity contribution in [2.45, 2.75) is 18.7 Å². The second-order valence-corrected chi connectivity index (χ2v) is 7.63. The average Bonchev–Trinajstić information content (AvgIpc) is 3.15. The molecule has 0 spiro atoms. The van der Waals surface area contributed by atoms with E-state index in [1.54, 1.807) is 32.2 Å². The Morgan fingerprint density at radius 1 is 1.19 bits per heavy atom. The van der Waals surface area contributed by atoms with Crippen molar-refractivity contribution in [1.82, 2.24) is 9.29 Å². The molecule has 0 aliphatic carbocycles. The van der Waals surface area contributed by atoms with Gasteiger partial charge in [-0.1, -0.05) is 25.4 Å². The molecule has 2 aromatic rings. The third-order valence-corrected chi connectivity index (χ3v) is 6.25. The van der Waals surface area contributed by atoms with E-state index in [-0.39, 0.29) is 28.6 Å².